The summed E-state index contributed by atoms with van der Waals surface area (Å²) in [5.41, 5.74) is 0.627. The molecule has 1 fully saturated rings. The zero-order valence-corrected chi connectivity index (χ0v) is 7.48. The maximum absolute atomic E-state index is 8.80. The summed E-state index contributed by atoms with van der Waals surface area (Å²) in [6, 6.07) is 3.88. The molecular formula is C9H12N4. The molecule has 0 saturated carbocycles. The van der Waals surface area contributed by atoms with Gasteiger partial charge in [-0.25, -0.2) is 0 Å². The maximum Gasteiger partial charge on any atom is 0.162 e. The van der Waals surface area contributed by atoms with Crippen molar-refractivity contribution in [3.63, 3.8) is 0 Å². The van der Waals surface area contributed by atoms with Crippen molar-refractivity contribution in [1.82, 2.24) is 9.89 Å². The average Bonchev–Trinajstić information content (AvgIpc) is 2.67. The van der Waals surface area contributed by atoms with Crippen LogP contribution in [0.15, 0.2) is 12.3 Å². The van der Waals surface area contributed by atoms with Gasteiger partial charge < -0.3 is 0 Å². The van der Waals surface area contributed by atoms with Crippen molar-refractivity contribution in [2.45, 2.75) is 19.3 Å². The van der Waals surface area contributed by atoms with Crippen molar-refractivity contribution in [2.75, 3.05) is 18.1 Å². The molecule has 2 rings (SSSR count). The quantitative estimate of drug-likeness (QED) is 0.638. The molecule has 0 atom stereocenters. The molecule has 13 heavy (non-hydrogen) atoms. The summed E-state index contributed by atoms with van der Waals surface area (Å²) in [6.07, 6.45) is 5.36. The van der Waals surface area contributed by atoms with Crippen LogP contribution in [-0.4, -0.2) is 23.0 Å². The van der Waals surface area contributed by atoms with Crippen molar-refractivity contribution in [2.24, 2.45) is 0 Å². The van der Waals surface area contributed by atoms with Gasteiger partial charge in [0.2, 0.25) is 0 Å². The molecule has 1 aliphatic heterocycles. The zero-order valence-electron chi connectivity index (χ0n) is 7.48. The first-order valence-corrected chi connectivity index (χ1v) is 4.61. The summed E-state index contributed by atoms with van der Waals surface area (Å²) < 4.78 is 0. The van der Waals surface area contributed by atoms with Crippen LogP contribution in [0.4, 0.5) is 0 Å². The van der Waals surface area contributed by atoms with Crippen LogP contribution in [0.5, 0.6) is 0 Å². The van der Waals surface area contributed by atoms with Crippen LogP contribution in [0.3, 0.4) is 0 Å². The van der Waals surface area contributed by atoms with Crippen molar-refractivity contribution >= 4 is 0 Å². The summed E-state index contributed by atoms with van der Waals surface area (Å²) in [6.45, 7) is 2.02. The van der Waals surface area contributed by atoms with E-state index >= 15 is 0 Å². The summed E-state index contributed by atoms with van der Waals surface area (Å²) in [7, 11) is 0. The Labute approximate surface area is 77.3 Å². The van der Waals surface area contributed by atoms with Crippen molar-refractivity contribution in [3.05, 3.63) is 18.0 Å². The fourth-order valence-corrected chi connectivity index (χ4v) is 1.67. The average molecular weight is 176 g/mol. The van der Waals surface area contributed by atoms with Gasteiger partial charge in [0.1, 0.15) is 6.07 Å². The number of nitrogens with zero attached hydrogens (tertiary/aromatic N) is 4. The highest BCUT2D eigenvalue weighted by Crippen LogP contribution is 2.08. The summed E-state index contributed by atoms with van der Waals surface area (Å²) >= 11 is 0. The SMILES string of the molecule is N#Cc1ccnn1N1CCCCC1. The Hall–Kier alpha value is -1.50. The molecule has 0 N–H and O–H groups in total. The van der Waals surface area contributed by atoms with Gasteiger partial charge in [0, 0.05) is 13.1 Å². The van der Waals surface area contributed by atoms with E-state index in [9.17, 15) is 0 Å². The molecule has 0 bridgehead atoms. The van der Waals surface area contributed by atoms with E-state index in [2.05, 4.69) is 16.2 Å². The smallest absolute Gasteiger partial charge is 0.162 e. The predicted octanol–water partition coefficient (Wildman–Crippen LogP) is 0.877. The highest BCUT2D eigenvalue weighted by molar-refractivity contribution is 5.20. The van der Waals surface area contributed by atoms with Gasteiger partial charge in [-0.05, 0) is 25.3 Å². The lowest BCUT2D eigenvalue weighted by atomic mass is 10.2. The molecule has 1 aliphatic rings. The molecule has 0 aliphatic carbocycles. The van der Waals surface area contributed by atoms with E-state index in [1.54, 1.807) is 17.1 Å². The van der Waals surface area contributed by atoms with Crippen molar-refractivity contribution < 1.29 is 0 Å². The minimum absolute atomic E-state index is 0.627. The second-order valence-corrected chi connectivity index (χ2v) is 3.23. The van der Waals surface area contributed by atoms with E-state index in [4.69, 9.17) is 5.26 Å². The Kier molecular flexibility index (Phi) is 2.17. The molecule has 0 aromatic carbocycles. The third kappa shape index (κ3) is 1.50. The number of hydrogen-bond donors (Lipinski definition) is 0. The van der Waals surface area contributed by atoms with E-state index < -0.39 is 0 Å². The minimum atomic E-state index is 0.627. The Bertz CT molecular complexity index is 317. The maximum atomic E-state index is 8.80. The Morgan fingerprint density at radius 1 is 1.31 bits per heavy atom. The molecule has 1 aromatic rings. The zero-order chi connectivity index (χ0) is 9.10. The number of piperidine rings is 1. The first kappa shape index (κ1) is 8.11. The van der Waals surface area contributed by atoms with E-state index in [1.165, 1.54) is 19.3 Å². The third-order valence-corrected chi connectivity index (χ3v) is 2.34. The van der Waals surface area contributed by atoms with Crippen LogP contribution in [0, 0.1) is 11.3 Å². The lowest BCUT2D eigenvalue weighted by Crippen LogP contribution is -2.40. The number of nitriles is 1. The molecule has 4 heteroatoms. The molecule has 0 radical (unpaired) electrons. The fraction of sp³-hybridized carbons (Fsp3) is 0.556. The van der Waals surface area contributed by atoms with Crippen LogP contribution in [0.25, 0.3) is 0 Å². The van der Waals surface area contributed by atoms with Gasteiger partial charge in [0.05, 0.1) is 6.20 Å². The summed E-state index contributed by atoms with van der Waals surface area (Å²) in [4.78, 5) is 1.72. The predicted molar refractivity (Wildman–Crippen MR) is 48.7 cm³/mol. The van der Waals surface area contributed by atoms with Crippen LogP contribution < -0.4 is 5.01 Å². The molecular weight excluding hydrogens is 164 g/mol. The monoisotopic (exact) mass is 176 g/mol. The van der Waals surface area contributed by atoms with E-state index in [1.807, 2.05) is 0 Å². The van der Waals surface area contributed by atoms with Gasteiger partial charge in [0.25, 0.3) is 0 Å². The third-order valence-electron chi connectivity index (χ3n) is 2.34. The first-order valence-electron chi connectivity index (χ1n) is 4.61. The van der Waals surface area contributed by atoms with Crippen molar-refractivity contribution in [3.8, 4) is 6.07 Å². The highest BCUT2D eigenvalue weighted by atomic mass is 15.7. The van der Waals surface area contributed by atoms with Gasteiger partial charge in [-0.15, -0.1) is 0 Å². The minimum Gasteiger partial charge on any atom is -0.296 e. The second kappa shape index (κ2) is 3.48. The normalized spacial score (nSPS) is 17.0. The van der Waals surface area contributed by atoms with Gasteiger partial charge in [0.15, 0.2) is 5.69 Å². The van der Waals surface area contributed by atoms with E-state index in [0.29, 0.717) is 5.69 Å². The molecule has 4 nitrogen and oxygen atoms in total. The van der Waals surface area contributed by atoms with Crippen molar-refractivity contribution in [1.29, 1.82) is 5.26 Å². The number of rotatable bonds is 1. The molecule has 0 amide bonds. The van der Waals surface area contributed by atoms with Crippen LogP contribution in [0.2, 0.25) is 0 Å². The number of aromatic nitrogens is 2. The fourth-order valence-electron chi connectivity index (χ4n) is 1.67. The van der Waals surface area contributed by atoms with Gasteiger partial charge in [-0.1, -0.05) is 0 Å². The summed E-state index contributed by atoms with van der Waals surface area (Å²) in [5, 5.41) is 15.1. The molecule has 1 saturated heterocycles. The Morgan fingerprint density at radius 3 is 2.77 bits per heavy atom. The molecule has 68 valence electrons. The molecule has 2 heterocycles. The number of hydrogen-bond acceptors (Lipinski definition) is 3. The van der Waals surface area contributed by atoms with E-state index in [0.717, 1.165) is 13.1 Å². The van der Waals surface area contributed by atoms with Gasteiger partial charge in [-0.3, -0.25) is 5.01 Å². The van der Waals surface area contributed by atoms with E-state index in [-0.39, 0.29) is 0 Å². The molecule has 0 spiro atoms. The lowest BCUT2D eigenvalue weighted by Gasteiger charge is -2.28. The lowest BCUT2D eigenvalue weighted by molar-refractivity contribution is 0.446. The second-order valence-electron chi connectivity index (χ2n) is 3.23. The topological polar surface area (TPSA) is 44.9 Å². The molecule has 1 aromatic heterocycles. The van der Waals surface area contributed by atoms with Gasteiger partial charge in [-0.2, -0.15) is 15.2 Å². The van der Waals surface area contributed by atoms with Crippen LogP contribution in [0.1, 0.15) is 25.0 Å². The van der Waals surface area contributed by atoms with Crippen LogP contribution >= 0.6 is 0 Å². The standard InChI is InChI=1S/C9H12N4/c10-8-9-4-5-11-13(9)12-6-2-1-3-7-12/h4-5H,1-3,6-7H2. The Morgan fingerprint density at radius 2 is 2.08 bits per heavy atom. The van der Waals surface area contributed by atoms with Gasteiger partial charge >= 0.3 is 0 Å². The first-order chi connectivity index (χ1) is 6.42. The highest BCUT2D eigenvalue weighted by Gasteiger charge is 2.13. The molecule has 0 unspecified atom stereocenters. The Balaban J connectivity index is 2.19. The largest absolute Gasteiger partial charge is 0.296 e. The van der Waals surface area contributed by atoms with Crippen LogP contribution in [-0.2, 0) is 0 Å². The summed E-state index contributed by atoms with van der Waals surface area (Å²) in [5.74, 6) is 0.